The molecule has 0 bridgehead atoms. The first-order valence-electron chi connectivity index (χ1n) is 10.6. The SMILES string of the molecule is CCN1CCC(N(CCc2ccccn2)S(=O)(=O)c2ccc3c(c2)oc(=O)n3C)CC1. The van der Waals surface area contributed by atoms with E-state index in [0.29, 0.717) is 18.5 Å². The Balaban J connectivity index is 1.66. The third-order valence-electron chi connectivity index (χ3n) is 6.10. The van der Waals surface area contributed by atoms with Crippen LogP contribution in [0.25, 0.3) is 11.1 Å². The summed E-state index contributed by atoms with van der Waals surface area (Å²) in [6.45, 7) is 5.20. The number of pyridine rings is 1. The Morgan fingerprint density at radius 3 is 2.65 bits per heavy atom. The topological polar surface area (TPSA) is 88.7 Å². The number of likely N-dealkylation sites (tertiary alicyclic amines) is 1. The molecule has 3 aromatic rings. The largest absolute Gasteiger partial charge is 0.419 e. The van der Waals surface area contributed by atoms with Crippen molar-refractivity contribution in [2.45, 2.75) is 37.1 Å². The van der Waals surface area contributed by atoms with Gasteiger partial charge in [0.15, 0.2) is 5.58 Å². The lowest BCUT2D eigenvalue weighted by Gasteiger charge is -2.37. The van der Waals surface area contributed by atoms with E-state index in [4.69, 9.17) is 4.42 Å². The summed E-state index contributed by atoms with van der Waals surface area (Å²) < 4.78 is 35.6. The predicted octanol–water partition coefficient (Wildman–Crippen LogP) is 2.24. The summed E-state index contributed by atoms with van der Waals surface area (Å²) in [6.07, 6.45) is 3.84. The molecule has 3 heterocycles. The van der Waals surface area contributed by atoms with Crippen LogP contribution in [-0.4, -0.2) is 59.4 Å². The van der Waals surface area contributed by atoms with Gasteiger partial charge in [0.25, 0.3) is 0 Å². The van der Waals surface area contributed by atoms with Crippen LogP contribution in [0.4, 0.5) is 0 Å². The summed E-state index contributed by atoms with van der Waals surface area (Å²) in [4.78, 5) is 18.7. The van der Waals surface area contributed by atoms with Gasteiger partial charge in [0.2, 0.25) is 10.0 Å². The molecule has 1 aromatic carbocycles. The molecule has 2 aromatic heterocycles. The minimum Gasteiger partial charge on any atom is -0.408 e. The van der Waals surface area contributed by atoms with Gasteiger partial charge < -0.3 is 9.32 Å². The zero-order chi connectivity index (χ0) is 22.0. The second kappa shape index (κ2) is 8.94. The van der Waals surface area contributed by atoms with Gasteiger partial charge in [-0.1, -0.05) is 13.0 Å². The Morgan fingerprint density at radius 2 is 1.97 bits per heavy atom. The van der Waals surface area contributed by atoms with Crippen LogP contribution in [0.5, 0.6) is 0 Å². The van der Waals surface area contributed by atoms with Crippen molar-refractivity contribution in [1.29, 1.82) is 0 Å². The molecule has 0 unspecified atom stereocenters. The highest BCUT2D eigenvalue weighted by Crippen LogP contribution is 2.27. The fourth-order valence-electron chi connectivity index (χ4n) is 4.20. The van der Waals surface area contributed by atoms with E-state index >= 15 is 0 Å². The Bertz CT molecular complexity index is 1200. The molecule has 166 valence electrons. The van der Waals surface area contributed by atoms with Gasteiger partial charge in [-0.15, -0.1) is 0 Å². The molecule has 31 heavy (non-hydrogen) atoms. The molecule has 4 rings (SSSR count). The minimum absolute atomic E-state index is 0.0741. The molecule has 1 fully saturated rings. The third kappa shape index (κ3) is 4.44. The Labute approximate surface area is 182 Å². The monoisotopic (exact) mass is 444 g/mol. The quantitative estimate of drug-likeness (QED) is 0.555. The van der Waals surface area contributed by atoms with Gasteiger partial charge >= 0.3 is 5.76 Å². The summed E-state index contributed by atoms with van der Waals surface area (Å²) >= 11 is 0. The van der Waals surface area contributed by atoms with Gasteiger partial charge in [-0.05, 0) is 56.7 Å². The van der Waals surface area contributed by atoms with Crippen LogP contribution >= 0.6 is 0 Å². The zero-order valence-electron chi connectivity index (χ0n) is 17.9. The van der Waals surface area contributed by atoms with E-state index in [1.807, 2.05) is 18.2 Å². The fourth-order valence-corrected chi connectivity index (χ4v) is 5.91. The van der Waals surface area contributed by atoms with Crippen LogP contribution in [0.15, 0.2) is 56.7 Å². The lowest BCUT2D eigenvalue weighted by molar-refractivity contribution is 0.165. The van der Waals surface area contributed by atoms with E-state index in [1.54, 1.807) is 29.7 Å². The summed E-state index contributed by atoms with van der Waals surface area (Å²) in [5.74, 6) is -0.511. The lowest BCUT2D eigenvalue weighted by atomic mass is 10.0. The van der Waals surface area contributed by atoms with Crippen LogP contribution in [0.2, 0.25) is 0 Å². The molecule has 0 radical (unpaired) electrons. The van der Waals surface area contributed by atoms with Gasteiger partial charge in [-0.2, -0.15) is 4.31 Å². The molecular formula is C22H28N4O4S. The van der Waals surface area contributed by atoms with E-state index in [1.165, 1.54) is 10.6 Å². The molecule has 0 amide bonds. The van der Waals surface area contributed by atoms with Crippen molar-refractivity contribution < 1.29 is 12.8 Å². The van der Waals surface area contributed by atoms with Gasteiger partial charge in [0, 0.05) is 44.0 Å². The molecule has 1 aliphatic heterocycles. The van der Waals surface area contributed by atoms with E-state index in [0.717, 1.165) is 38.2 Å². The number of fused-ring (bicyclic) bond motifs is 1. The number of rotatable bonds is 7. The number of sulfonamides is 1. The molecular weight excluding hydrogens is 416 g/mol. The van der Waals surface area contributed by atoms with Crippen LogP contribution in [0, 0.1) is 0 Å². The molecule has 0 atom stereocenters. The molecule has 0 N–H and O–H groups in total. The standard InChI is InChI=1S/C22H28N4O4S/c1-3-25-13-10-18(11-14-25)26(15-9-17-6-4-5-12-23-17)31(28,29)19-7-8-20-21(16-19)30-22(27)24(20)2/h4-8,12,16,18H,3,9-11,13-15H2,1-2H3. The first-order valence-corrected chi connectivity index (χ1v) is 12.1. The van der Waals surface area contributed by atoms with Crippen LogP contribution in [0.3, 0.4) is 0 Å². The van der Waals surface area contributed by atoms with E-state index < -0.39 is 15.8 Å². The van der Waals surface area contributed by atoms with Crippen LogP contribution < -0.4 is 5.76 Å². The Morgan fingerprint density at radius 1 is 1.19 bits per heavy atom. The highest BCUT2D eigenvalue weighted by Gasteiger charge is 2.34. The maximum Gasteiger partial charge on any atom is 0.419 e. The average molecular weight is 445 g/mol. The van der Waals surface area contributed by atoms with Crippen molar-refractivity contribution >= 4 is 21.1 Å². The number of aromatic nitrogens is 2. The van der Waals surface area contributed by atoms with Crippen molar-refractivity contribution in [3.8, 4) is 0 Å². The van der Waals surface area contributed by atoms with Gasteiger partial charge in [-0.25, -0.2) is 13.2 Å². The molecule has 9 heteroatoms. The van der Waals surface area contributed by atoms with E-state index in [-0.39, 0.29) is 16.5 Å². The predicted molar refractivity (Wildman–Crippen MR) is 118 cm³/mol. The molecule has 1 aliphatic rings. The first-order chi connectivity index (χ1) is 14.9. The highest BCUT2D eigenvalue weighted by atomic mass is 32.2. The smallest absolute Gasteiger partial charge is 0.408 e. The van der Waals surface area contributed by atoms with E-state index in [9.17, 15) is 13.2 Å². The lowest BCUT2D eigenvalue weighted by Crippen LogP contribution is -2.48. The molecule has 1 saturated heterocycles. The molecule has 8 nitrogen and oxygen atoms in total. The third-order valence-corrected chi connectivity index (χ3v) is 8.04. The first kappa shape index (κ1) is 21.7. The second-order valence-electron chi connectivity index (χ2n) is 7.91. The second-order valence-corrected chi connectivity index (χ2v) is 9.80. The normalized spacial score (nSPS) is 16.4. The number of aryl methyl sites for hydroxylation is 1. The number of hydrogen-bond donors (Lipinski definition) is 0. The molecule has 0 spiro atoms. The van der Waals surface area contributed by atoms with Crippen LogP contribution in [-0.2, 0) is 23.5 Å². The van der Waals surface area contributed by atoms with Crippen molar-refractivity contribution in [2.75, 3.05) is 26.2 Å². The Hall–Kier alpha value is -2.49. The van der Waals surface area contributed by atoms with Gasteiger partial charge in [0.05, 0.1) is 10.4 Å². The number of hydrogen-bond acceptors (Lipinski definition) is 6. The summed E-state index contributed by atoms with van der Waals surface area (Å²) in [6, 6.07) is 10.2. The van der Waals surface area contributed by atoms with Gasteiger partial charge in [0.1, 0.15) is 0 Å². The maximum atomic E-state index is 13.7. The Kier molecular flexibility index (Phi) is 6.27. The maximum absolute atomic E-state index is 13.7. The van der Waals surface area contributed by atoms with Crippen molar-refractivity contribution in [2.24, 2.45) is 7.05 Å². The minimum atomic E-state index is -3.77. The summed E-state index contributed by atoms with van der Waals surface area (Å²) in [7, 11) is -2.17. The number of oxazole rings is 1. The number of nitrogens with zero attached hydrogens (tertiary/aromatic N) is 4. The number of piperidine rings is 1. The highest BCUT2D eigenvalue weighted by molar-refractivity contribution is 7.89. The van der Waals surface area contributed by atoms with Crippen LogP contribution in [0.1, 0.15) is 25.5 Å². The van der Waals surface area contributed by atoms with Crippen molar-refractivity contribution in [1.82, 2.24) is 18.8 Å². The van der Waals surface area contributed by atoms with Crippen molar-refractivity contribution in [3.63, 3.8) is 0 Å². The zero-order valence-corrected chi connectivity index (χ0v) is 18.7. The number of benzene rings is 1. The van der Waals surface area contributed by atoms with Gasteiger partial charge in [-0.3, -0.25) is 9.55 Å². The fraction of sp³-hybridized carbons (Fsp3) is 0.455. The average Bonchev–Trinajstić information content (AvgIpc) is 3.08. The summed E-state index contributed by atoms with van der Waals surface area (Å²) in [5, 5.41) is 0. The molecule has 0 aliphatic carbocycles. The molecule has 0 saturated carbocycles. The summed E-state index contributed by atoms with van der Waals surface area (Å²) in [5.41, 5.74) is 1.71. The van der Waals surface area contributed by atoms with E-state index in [2.05, 4.69) is 16.8 Å². The van der Waals surface area contributed by atoms with Crippen molar-refractivity contribution in [3.05, 3.63) is 58.8 Å².